The largest absolute Gasteiger partial charge is 0.497 e. The smallest absolute Gasteiger partial charge is 0.256 e. The number of benzene rings is 3. The highest BCUT2D eigenvalue weighted by atomic mass is 16.5. The van der Waals surface area contributed by atoms with E-state index in [9.17, 15) is 9.59 Å². The summed E-state index contributed by atoms with van der Waals surface area (Å²) in [4.78, 5) is 26.4. The van der Waals surface area contributed by atoms with Gasteiger partial charge in [0.25, 0.3) is 11.8 Å². The fraction of sp³-hybridized carbons (Fsp3) is 0.267. The molecule has 0 spiro atoms. The van der Waals surface area contributed by atoms with E-state index >= 15 is 0 Å². The number of methoxy groups -OCH3 is 4. The average molecular weight is 519 g/mol. The van der Waals surface area contributed by atoms with Crippen molar-refractivity contribution in [3.05, 3.63) is 89.0 Å². The summed E-state index contributed by atoms with van der Waals surface area (Å²) in [7, 11) is 6.27. The van der Waals surface area contributed by atoms with Crippen molar-refractivity contribution >= 4 is 17.9 Å². The van der Waals surface area contributed by atoms with Crippen LogP contribution >= 0.6 is 0 Å². The first-order valence-electron chi connectivity index (χ1n) is 12.2. The molecule has 0 saturated heterocycles. The molecule has 0 aliphatic carbocycles. The number of carbonyl (C=O) groups excluding carboxylic acids is 2. The fourth-order valence-corrected chi connectivity index (χ4v) is 3.83. The number of amides is 2. The molecule has 0 aliphatic heterocycles. The molecule has 2 amide bonds. The van der Waals surface area contributed by atoms with Gasteiger partial charge in [0, 0.05) is 18.7 Å². The summed E-state index contributed by atoms with van der Waals surface area (Å²) < 4.78 is 21.2. The summed E-state index contributed by atoms with van der Waals surface area (Å²) in [6.45, 7) is 0.716. The number of hydrogen-bond acceptors (Lipinski definition) is 6. The molecule has 0 aromatic heterocycles. The molecule has 0 unspecified atom stereocenters. The van der Waals surface area contributed by atoms with Crippen molar-refractivity contribution in [2.75, 3.05) is 41.5 Å². The minimum absolute atomic E-state index is 0.0268. The molecule has 3 aromatic carbocycles. The van der Waals surface area contributed by atoms with Crippen LogP contribution in [0.5, 0.6) is 23.0 Å². The highest BCUT2D eigenvalue weighted by Crippen LogP contribution is 2.32. The standard InChI is InChI=1S/C30H34N2O6/c1-35-24-12-8-21(9-13-24)16-18-31-29(33)26(20-23-6-5-7-27(37-3)28(23)38-4)30(34)32-19-17-22-10-14-25(36-2)15-11-22/h5-15,20H,16-19H2,1-4H3,(H,31,33)(H,32,34). The number of nitrogens with one attached hydrogen (secondary N) is 2. The second kappa shape index (κ2) is 14.3. The lowest BCUT2D eigenvalue weighted by Crippen LogP contribution is -2.36. The van der Waals surface area contributed by atoms with Crippen molar-refractivity contribution in [1.82, 2.24) is 10.6 Å². The Morgan fingerprint density at radius 2 is 1.16 bits per heavy atom. The maximum absolute atomic E-state index is 13.2. The first-order chi connectivity index (χ1) is 18.5. The van der Waals surface area contributed by atoms with Gasteiger partial charge in [-0.2, -0.15) is 0 Å². The lowest BCUT2D eigenvalue weighted by molar-refractivity contribution is -0.123. The third-order valence-electron chi connectivity index (χ3n) is 5.94. The van der Waals surface area contributed by atoms with Crippen LogP contribution in [0, 0.1) is 0 Å². The Hall–Kier alpha value is -4.46. The monoisotopic (exact) mass is 518 g/mol. The Kier molecular flexibility index (Phi) is 10.6. The van der Waals surface area contributed by atoms with Crippen molar-refractivity contribution in [3.8, 4) is 23.0 Å². The Morgan fingerprint density at radius 1 is 0.658 bits per heavy atom. The van der Waals surface area contributed by atoms with Crippen LogP contribution in [0.2, 0.25) is 0 Å². The molecule has 0 radical (unpaired) electrons. The Morgan fingerprint density at radius 3 is 1.58 bits per heavy atom. The van der Waals surface area contributed by atoms with E-state index < -0.39 is 11.8 Å². The predicted octanol–water partition coefficient (Wildman–Crippen LogP) is 3.82. The van der Waals surface area contributed by atoms with Crippen molar-refractivity contribution in [2.45, 2.75) is 12.8 Å². The predicted molar refractivity (Wildman–Crippen MR) is 147 cm³/mol. The summed E-state index contributed by atoms with van der Waals surface area (Å²) >= 11 is 0. The van der Waals surface area contributed by atoms with Gasteiger partial charge >= 0.3 is 0 Å². The molecule has 3 aromatic rings. The Bertz CT molecular complexity index is 1170. The topological polar surface area (TPSA) is 95.1 Å². The summed E-state index contributed by atoms with van der Waals surface area (Å²) in [5.41, 5.74) is 2.60. The van der Waals surface area contributed by atoms with E-state index in [-0.39, 0.29) is 5.57 Å². The Labute approximate surface area is 223 Å². The summed E-state index contributed by atoms with van der Waals surface area (Å²) in [5.74, 6) is 1.50. The molecule has 38 heavy (non-hydrogen) atoms. The molecule has 8 nitrogen and oxygen atoms in total. The van der Waals surface area contributed by atoms with E-state index in [4.69, 9.17) is 18.9 Å². The third-order valence-corrected chi connectivity index (χ3v) is 5.94. The van der Waals surface area contributed by atoms with Crippen LogP contribution in [0.4, 0.5) is 0 Å². The van der Waals surface area contributed by atoms with Crippen LogP contribution in [-0.2, 0) is 22.4 Å². The molecule has 3 rings (SSSR count). The van der Waals surface area contributed by atoms with Crippen molar-refractivity contribution in [2.24, 2.45) is 0 Å². The molecule has 0 aliphatic rings. The highest BCUT2D eigenvalue weighted by molar-refractivity contribution is 6.21. The van der Waals surface area contributed by atoms with Crippen LogP contribution in [0.3, 0.4) is 0 Å². The van der Waals surface area contributed by atoms with E-state index in [1.54, 1.807) is 32.4 Å². The number of para-hydroxylation sites is 1. The van der Waals surface area contributed by atoms with Gasteiger partial charge in [0.05, 0.1) is 28.4 Å². The summed E-state index contributed by atoms with van der Waals surface area (Å²) in [6, 6.07) is 20.5. The molecule has 0 atom stereocenters. The zero-order valence-electron chi connectivity index (χ0n) is 22.2. The van der Waals surface area contributed by atoms with Gasteiger partial charge in [-0.15, -0.1) is 0 Å². The van der Waals surface area contributed by atoms with Crippen LogP contribution in [-0.4, -0.2) is 53.3 Å². The molecular weight excluding hydrogens is 484 g/mol. The second-order valence-electron chi connectivity index (χ2n) is 8.35. The molecule has 200 valence electrons. The molecule has 8 heteroatoms. The van der Waals surface area contributed by atoms with Crippen molar-refractivity contribution in [3.63, 3.8) is 0 Å². The van der Waals surface area contributed by atoms with Gasteiger partial charge in [0.15, 0.2) is 11.5 Å². The maximum atomic E-state index is 13.2. The lowest BCUT2D eigenvalue weighted by Gasteiger charge is -2.13. The molecular formula is C30H34N2O6. The van der Waals surface area contributed by atoms with Gasteiger partial charge in [-0.3, -0.25) is 9.59 Å². The van der Waals surface area contributed by atoms with Crippen molar-refractivity contribution in [1.29, 1.82) is 0 Å². The zero-order chi connectivity index (χ0) is 27.3. The Balaban J connectivity index is 1.74. The maximum Gasteiger partial charge on any atom is 0.256 e. The molecule has 0 saturated carbocycles. The van der Waals surface area contributed by atoms with Crippen LogP contribution < -0.4 is 29.6 Å². The molecule has 2 N–H and O–H groups in total. The minimum Gasteiger partial charge on any atom is -0.497 e. The quantitative estimate of drug-likeness (QED) is 0.203. The first-order valence-corrected chi connectivity index (χ1v) is 12.2. The van der Waals surface area contributed by atoms with E-state index in [0.29, 0.717) is 43.0 Å². The second-order valence-corrected chi connectivity index (χ2v) is 8.35. The molecule has 0 bridgehead atoms. The molecule has 0 heterocycles. The zero-order valence-corrected chi connectivity index (χ0v) is 22.2. The average Bonchev–Trinajstić information content (AvgIpc) is 2.96. The number of ether oxygens (including phenoxy) is 4. The lowest BCUT2D eigenvalue weighted by atomic mass is 10.1. The first kappa shape index (κ1) is 28.1. The minimum atomic E-state index is -0.481. The third kappa shape index (κ3) is 7.77. The van der Waals surface area contributed by atoms with E-state index in [1.807, 2.05) is 48.5 Å². The number of hydrogen-bond donors (Lipinski definition) is 2. The number of rotatable bonds is 13. The van der Waals surface area contributed by atoms with Crippen LogP contribution in [0.15, 0.2) is 72.3 Å². The van der Waals surface area contributed by atoms with Gasteiger partial charge < -0.3 is 29.6 Å². The van der Waals surface area contributed by atoms with Gasteiger partial charge in [-0.05, 0) is 60.4 Å². The van der Waals surface area contributed by atoms with Crippen molar-refractivity contribution < 1.29 is 28.5 Å². The van der Waals surface area contributed by atoms with E-state index in [0.717, 1.165) is 22.6 Å². The molecule has 0 fully saturated rings. The van der Waals surface area contributed by atoms with Crippen LogP contribution in [0.25, 0.3) is 6.08 Å². The summed E-state index contributed by atoms with van der Waals surface area (Å²) in [6.07, 6.45) is 2.72. The van der Waals surface area contributed by atoms with Crippen LogP contribution in [0.1, 0.15) is 16.7 Å². The normalized spacial score (nSPS) is 10.2. The summed E-state index contributed by atoms with van der Waals surface area (Å²) in [5, 5.41) is 5.73. The van der Waals surface area contributed by atoms with Gasteiger partial charge in [-0.1, -0.05) is 36.4 Å². The van der Waals surface area contributed by atoms with Gasteiger partial charge in [0.2, 0.25) is 0 Å². The SMILES string of the molecule is COc1ccc(CCNC(=O)C(=Cc2cccc(OC)c2OC)C(=O)NCCc2ccc(OC)cc2)cc1. The number of carbonyl (C=O) groups is 2. The van der Waals surface area contributed by atoms with E-state index in [2.05, 4.69) is 10.6 Å². The fourth-order valence-electron chi connectivity index (χ4n) is 3.83. The highest BCUT2D eigenvalue weighted by Gasteiger charge is 2.20. The van der Waals surface area contributed by atoms with Gasteiger partial charge in [0.1, 0.15) is 17.1 Å². The van der Waals surface area contributed by atoms with E-state index in [1.165, 1.54) is 20.3 Å². The van der Waals surface area contributed by atoms with Gasteiger partial charge in [-0.25, -0.2) is 0 Å².